The lowest BCUT2D eigenvalue weighted by Gasteiger charge is -2.25. The Morgan fingerprint density at radius 2 is 1.81 bits per heavy atom. The minimum Gasteiger partial charge on any atom is -0.506 e. The number of rotatable bonds is 3. The zero-order valence-corrected chi connectivity index (χ0v) is 12.5. The second-order valence-electron chi connectivity index (χ2n) is 4.38. The molecule has 86 valence electrons. The summed E-state index contributed by atoms with van der Waals surface area (Å²) >= 11 is 6.67. The van der Waals surface area contributed by atoms with Gasteiger partial charge in [0.2, 0.25) is 0 Å². The highest BCUT2D eigenvalue weighted by molar-refractivity contribution is 9.11. The topological polar surface area (TPSA) is 20.2 Å². The molecule has 0 saturated carbocycles. The molecule has 0 heterocycles. The third kappa shape index (κ3) is 3.02. The van der Waals surface area contributed by atoms with E-state index in [4.69, 9.17) is 6.42 Å². The second-order valence-corrected chi connectivity index (χ2v) is 6.09. The van der Waals surface area contributed by atoms with Crippen molar-refractivity contribution in [2.24, 2.45) is 0 Å². The van der Waals surface area contributed by atoms with Crippen LogP contribution in [0.3, 0.4) is 0 Å². The Kier molecular flexibility index (Phi) is 4.46. The van der Waals surface area contributed by atoms with E-state index in [0.29, 0.717) is 8.95 Å². The first-order valence-corrected chi connectivity index (χ1v) is 6.59. The molecule has 1 aromatic carbocycles. The summed E-state index contributed by atoms with van der Waals surface area (Å²) in [7, 11) is 0. The van der Waals surface area contributed by atoms with Crippen LogP contribution in [0.5, 0.6) is 5.75 Å². The predicted octanol–water partition coefficient (Wildman–Crippen LogP) is 4.61. The van der Waals surface area contributed by atoms with Crippen molar-refractivity contribution in [2.45, 2.75) is 32.1 Å². The van der Waals surface area contributed by atoms with Crippen molar-refractivity contribution >= 4 is 31.9 Å². The highest BCUT2D eigenvalue weighted by Gasteiger charge is 2.21. The van der Waals surface area contributed by atoms with Gasteiger partial charge in [-0.05, 0) is 61.4 Å². The van der Waals surface area contributed by atoms with Crippen LogP contribution in [0.4, 0.5) is 0 Å². The number of benzene rings is 1. The monoisotopic (exact) mass is 344 g/mol. The van der Waals surface area contributed by atoms with E-state index in [2.05, 4.69) is 51.6 Å². The second kappa shape index (κ2) is 5.25. The van der Waals surface area contributed by atoms with Crippen LogP contribution in [-0.4, -0.2) is 5.11 Å². The lowest BCUT2D eigenvalue weighted by molar-refractivity contribution is 0.462. The van der Waals surface area contributed by atoms with Gasteiger partial charge < -0.3 is 5.11 Å². The van der Waals surface area contributed by atoms with Crippen LogP contribution in [0.1, 0.15) is 32.3 Å². The summed E-state index contributed by atoms with van der Waals surface area (Å²) in [5, 5.41) is 9.65. The van der Waals surface area contributed by atoms with Crippen molar-refractivity contribution in [2.75, 3.05) is 0 Å². The Balaban J connectivity index is 3.09. The summed E-state index contributed by atoms with van der Waals surface area (Å²) in [6, 6.07) is 3.88. The van der Waals surface area contributed by atoms with Crippen LogP contribution in [0.2, 0.25) is 0 Å². The molecular formula is C13H14Br2O. The first-order valence-electron chi connectivity index (χ1n) is 5.00. The van der Waals surface area contributed by atoms with Gasteiger partial charge in [0.25, 0.3) is 0 Å². The standard InChI is InChI=1S/C13H14Br2O/c1-4-5-6-13(2,3)9-7-10(14)12(16)11(15)8-9/h1,7-8,16H,5-6H2,2-3H3. The molecule has 0 unspecified atom stereocenters. The summed E-state index contributed by atoms with van der Waals surface area (Å²) in [6.45, 7) is 4.30. The molecule has 16 heavy (non-hydrogen) atoms. The molecule has 0 aliphatic carbocycles. The maximum absolute atomic E-state index is 9.65. The van der Waals surface area contributed by atoms with E-state index in [1.54, 1.807) is 0 Å². The molecule has 0 aliphatic heterocycles. The van der Waals surface area contributed by atoms with E-state index in [-0.39, 0.29) is 11.2 Å². The normalized spacial score (nSPS) is 11.2. The maximum atomic E-state index is 9.65. The average Bonchev–Trinajstić information content (AvgIpc) is 2.22. The molecule has 3 heteroatoms. The first kappa shape index (κ1) is 13.6. The Hall–Kier alpha value is -0.460. The summed E-state index contributed by atoms with van der Waals surface area (Å²) in [5.41, 5.74) is 1.16. The molecule has 1 nitrogen and oxygen atoms in total. The fraction of sp³-hybridized carbons (Fsp3) is 0.385. The zero-order chi connectivity index (χ0) is 12.3. The van der Waals surface area contributed by atoms with Crippen molar-refractivity contribution in [1.82, 2.24) is 0 Å². The van der Waals surface area contributed by atoms with Crippen LogP contribution in [-0.2, 0) is 5.41 Å². The maximum Gasteiger partial charge on any atom is 0.143 e. The van der Waals surface area contributed by atoms with Crippen LogP contribution in [0.15, 0.2) is 21.1 Å². The van der Waals surface area contributed by atoms with Gasteiger partial charge in [0.05, 0.1) is 8.95 Å². The van der Waals surface area contributed by atoms with Gasteiger partial charge in [0.15, 0.2) is 0 Å². The SMILES string of the molecule is C#CCCC(C)(C)c1cc(Br)c(O)c(Br)c1. The molecule has 1 aromatic rings. The van der Waals surface area contributed by atoms with Gasteiger partial charge in [-0.3, -0.25) is 0 Å². The number of aromatic hydroxyl groups is 1. The van der Waals surface area contributed by atoms with E-state index in [0.717, 1.165) is 18.4 Å². The average molecular weight is 346 g/mol. The van der Waals surface area contributed by atoms with Crippen molar-refractivity contribution in [1.29, 1.82) is 0 Å². The largest absolute Gasteiger partial charge is 0.506 e. The Morgan fingerprint density at radius 3 is 2.25 bits per heavy atom. The summed E-state index contributed by atoms with van der Waals surface area (Å²) in [4.78, 5) is 0. The molecule has 1 N–H and O–H groups in total. The van der Waals surface area contributed by atoms with Gasteiger partial charge in [0, 0.05) is 6.42 Å². The minimum atomic E-state index is 0.00507. The van der Waals surface area contributed by atoms with Crippen molar-refractivity contribution in [3.05, 3.63) is 26.6 Å². The number of halogens is 2. The molecule has 0 saturated heterocycles. The molecule has 0 aromatic heterocycles. The quantitative estimate of drug-likeness (QED) is 0.793. The van der Waals surface area contributed by atoms with Gasteiger partial charge in [-0.2, -0.15) is 0 Å². The number of hydrogen-bond acceptors (Lipinski definition) is 1. The number of terminal acetylenes is 1. The van der Waals surface area contributed by atoms with Crippen LogP contribution >= 0.6 is 31.9 Å². The minimum absolute atomic E-state index is 0.00507. The highest BCUT2D eigenvalue weighted by Crippen LogP contribution is 2.38. The van der Waals surface area contributed by atoms with E-state index in [1.807, 2.05) is 12.1 Å². The molecule has 0 atom stereocenters. The summed E-state index contributed by atoms with van der Waals surface area (Å²) < 4.78 is 1.40. The molecule has 0 bridgehead atoms. The van der Waals surface area contributed by atoms with E-state index < -0.39 is 0 Å². The van der Waals surface area contributed by atoms with E-state index in [9.17, 15) is 5.11 Å². The lowest BCUT2D eigenvalue weighted by Crippen LogP contribution is -2.16. The van der Waals surface area contributed by atoms with Gasteiger partial charge >= 0.3 is 0 Å². The van der Waals surface area contributed by atoms with E-state index >= 15 is 0 Å². The van der Waals surface area contributed by atoms with Crippen molar-refractivity contribution in [3.63, 3.8) is 0 Å². The molecule has 0 aliphatic rings. The molecule has 0 spiro atoms. The lowest BCUT2D eigenvalue weighted by atomic mass is 9.80. The number of hydrogen-bond donors (Lipinski definition) is 1. The van der Waals surface area contributed by atoms with Crippen molar-refractivity contribution in [3.8, 4) is 18.1 Å². The van der Waals surface area contributed by atoms with Crippen LogP contribution < -0.4 is 0 Å². The highest BCUT2D eigenvalue weighted by atomic mass is 79.9. The van der Waals surface area contributed by atoms with Crippen molar-refractivity contribution < 1.29 is 5.11 Å². The van der Waals surface area contributed by atoms with Crippen LogP contribution in [0.25, 0.3) is 0 Å². The predicted molar refractivity (Wildman–Crippen MR) is 74.6 cm³/mol. The molecular weight excluding hydrogens is 332 g/mol. The molecule has 1 rings (SSSR count). The van der Waals surface area contributed by atoms with Gasteiger partial charge in [-0.15, -0.1) is 12.3 Å². The smallest absolute Gasteiger partial charge is 0.143 e. The Morgan fingerprint density at radius 1 is 1.31 bits per heavy atom. The molecule has 0 amide bonds. The van der Waals surface area contributed by atoms with Gasteiger partial charge in [0.1, 0.15) is 5.75 Å². The van der Waals surface area contributed by atoms with E-state index in [1.165, 1.54) is 0 Å². The Labute approximate surface area is 114 Å². The van der Waals surface area contributed by atoms with Gasteiger partial charge in [-0.1, -0.05) is 13.8 Å². The fourth-order valence-corrected chi connectivity index (χ4v) is 2.67. The molecule has 0 fully saturated rings. The third-order valence-corrected chi connectivity index (χ3v) is 3.90. The third-order valence-electron chi connectivity index (χ3n) is 2.69. The van der Waals surface area contributed by atoms with Gasteiger partial charge in [-0.25, -0.2) is 0 Å². The van der Waals surface area contributed by atoms with Crippen LogP contribution in [0, 0.1) is 12.3 Å². The number of phenols is 1. The summed E-state index contributed by atoms with van der Waals surface area (Å²) in [6.07, 6.45) is 6.97. The number of phenolic OH excluding ortho intramolecular Hbond substituents is 1. The fourth-order valence-electron chi connectivity index (χ4n) is 1.49. The molecule has 0 radical (unpaired) electrons. The summed E-state index contributed by atoms with van der Waals surface area (Å²) in [5.74, 6) is 2.89. The zero-order valence-electron chi connectivity index (χ0n) is 9.35. The Bertz CT molecular complexity index is 407. The first-order chi connectivity index (χ1) is 7.38.